The van der Waals surface area contributed by atoms with Crippen molar-refractivity contribution in [3.05, 3.63) is 42.5 Å². The Morgan fingerprint density at radius 2 is 2.27 bits per heavy atom. The minimum Gasteiger partial charge on any atom is -0.487 e. The van der Waals surface area contributed by atoms with Gasteiger partial charge in [-0.3, -0.25) is 4.98 Å². The van der Waals surface area contributed by atoms with Gasteiger partial charge in [0.2, 0.25) is 10.0 Å². The molecule has 0 unspecified atom stereocenters. The average Bonchev–Trinajstić information content (AvgIpc) is 3.29. The van der Waals surface area contributed by atoms with Crippen molar-refractivity contribution in [2.45, 2.75) is 30.8 Å². The van der Waals surface area contributed by atoms with Crippen molar-refractivity contribution in [2.24, 2.45) is 0 Å². The highest BCUT2D eigenvalue weighted by Crippen LogP contribution is 2.26. The molecular weight excluding hydrogens is 356 g/mol. The standard InChI is InChI=1S/C17H18N4O4S/c1-2-16-15-8-14(10-19-17(15)25-20-16)26(22,23)21-7-5-13(11-21)24-12-4-3-6-18-9-12/h3-4,6,8-10,13H,2,5,7,11H2,1H3/t13-/m1/s1. The molecule has 0 spiro atoms. The van der Waals surface area contributed by atoms with Crippen LogP contribution in [0.3, 0.4) is 0 Å². The van der Waals surface area contributed by atoms with E-state index in [1.165, 1.54) is 10.5 Å². The van der Waals surface area contributed by atoms with E-state index >= 15 is 0 Å². The van der Waals surface area contributed by atoms with Crippen LogP contribution in [-0.2, 0) is 16.4 Å². The van der Waals surface area contributed by atoms with Crippen LogP contribution in [0.5, 0.6) is 5.75 Å². The summed E-state index contributed by atoms with van der Waals surface area (Å²) in [6.45, 7) is 2.62. The molecule has 0 amide bonds. The smallest absolute Gasteiger partial charge is 0.258 e. The zero-order chi connectivity index (χ0) is 18.1. The van der Waals surface area contributed by atoms with Crippen molar-refractivity contribution in [3.8, 4) is 5.75 Å². The van der Waals surface area contributed by atoms with Crippen LogP contribution in [0.2, 0.25) is 0 Å². The maximum Gasteiger partial charge on any atom is 0.258 e. The van der Waals surface area contributed by atoms with Gasteiger partial charge in [0.05, 0.1) is 30.0 Å². The van der Waals surface area contributed by atoms with Crippen LogP contribution in [0.4, 0.5) is 0 Å². The molecule has 1 fully saturated rings. The highest BCUT2D eigenvalue weighted by molar-refractivity contribution is 7.89. The lowest BCUT2D eigenvalue weighted by Gasteiger charge is -2.17. The Balaban J connectivity index is 1.55. The average molecular weight is 374 g/mol. The SMILES string of the molecule is CCc1noc2ncc(S(=O)(=O)N3CC[C@@H](Oc4cccnc4)C3)cc12. The van der Waals surface area contributed by atoms with Gasteiger partial charge in [0.25, 0.3) is 5.71 Å². The van der Waals surface area contributed by atoms with E-state index in [4.69, 9.17) is 9.26 Å². The number of fused-ring (bicyclic) bond motifs is 1. The van der Waals surface area contributed by atoms with Crippen LogP contribution < -0.4 is 4.74 Å². The van der Waals surface area contributed by atoms with E-state index in [0.717, 1.165) is 0 Å². The normalized spacial score (nSPS) is 18.4. The Bertz CT molecular complexity index is 1020. The van der Waals surface area contributed by atoms with Gasteiger partial charge in [-0.1, -0.05) is 12.1 Å². The first-order valence-electron chi connectivity index (χ1n) is 8.39. The number of sulfonamides is 1. The number of hydrogen-bond acceptors (Lipinski definition) is 7. The van der Waals surface area contributed by atoms with E-state index in [1.807, 2.05) is 6.92 Å². The van der Waals surface area contributed by atoms with Gasteiger partial charge in [-0.15, -0.1) is 0 Å². The summed E-state index contributed by atoms with van der Waals surface area (Å²) in [6, 6.07) is 5.17. The summed E-state index contributed by atoms with van der Waals surface area (Å²) in [4.78, 5) is 8.25. The fourth-order valence-electron chi connectivity index (χ4n) is 3.03. The van der Waals surface area contributed by atoms with Crippen molar-refractivity contribution in [2.75, 3.05) is 13.1 Å². The molecule has 9 heteroatoms. The van der Waals surface area contributed by atoms with E-state index < -0.39 is 10.0 Å². The topological polar surface area (TPSA) is 98.4 Å². The third kappa shape index (κ3) is 3.04. The van der Waals surface area contributed by atoms with E-state index in [-0.39, 0.29) is 11.0 Å². The quantitative estimate of drug-likeness (QED) is 0.674. The van der Waals surface area contributed by atoms with Gasteiger partial charge in [0, 0.05) is 12.7 Å². The van der Waals surface area contributed by atoms with Crippen molar-refractivity contribution in [1.82, 2.24) is 19.4 Å². The number of hydrogen-bond donors (Lipinski definition) is 0. The lowest BCUT2D eigenvalue weighted by atomic mass is 10.2. The number of pyridine rings is 2. The predicted octanol–water partition coefficient (Wildman–Crippen LogP) is 2.02. The van der Waals surface area contributed by atoms with Gasteiger partial charge in [-0.2, -0.15) is 4.31 Å². The Kier molecular flexibility index (Phi) is 4.33. The molecule has 0 radical (unpaired) electrons. The largest absolute Gasteiger partial charge is 0.487 e. The number of aryl methyl sites for hydroxylation is 1. The maximum absolute atomic E-state index is 13.0. The first-order valence-corrected chi connectivity index (χ1v) is 9.83. The summed E-state index contributed by atoms with van der Waals surface area (Å²) in [7, 11) is -3.65. The molecule has 4 rings (SSSR count). The molecule has 0 aliphatic carbocycles. The van der Waals surface area contributed by atoms with Crippen LogP contribution in [0.25, 0.3) is 11.1 Å². The first kappa shape index (κ1) is 16.9. The molecule has 0 saturated carbocycles. The number of nitrogens with zero attached hydrogens (tertiary/aromatic N) is 4. The van der Waals surface area contributed by atoms with E-state index in [2.05, 4.69) is 15.1 Å². The Morgan fingerprint density at radius 1 is 1.38 bits per heavy atom. The van der Waals surface area contributed by atoms with Crippen LogP contribution in [0.1, 0.15) is 19.0 Å². The third-order valence-electron chi connectivity index (χ3n) is 4.40. The number of rotatable bonds is 5. The summed E-state index contributed by atoms with van der Waals surface area (Å²) in [5.41, 5.74) is 1.05. The molecule has 4 heterocycles. The van der Waals surface area contributed by atoms with Gasteiger partial charge in [0.1, 0.15) is 16.7 Å². The predicted molar refractivity (Wildman–Crippen MR) is 93.2 cm³/mol. The maximum atomic E-state index is 13.0. The summed E-state index contributed by atoms with van der Waals surface area (Å²) < 4.78 is 38.3. The van der Waals surface area contributed by atoms with E-state index in [1.54, 1.807) is 30.6 Å². The molecule has 0 aromatic carbocycles. The highest BCUT2D eigenvalue weighted by atomic mass is 32.2. The summed E-state index contributed by atoms with van der Waals surface area (Å²) >= 11 is 0. The monoisotopic (exact) mass is 374 g/mol. The molecule has 1 saturated heterocycles. The Hall–Kier alpha value is -2.52. The van der Waals surface area contributed by atoms with Crippen molar-refractivity contribution < 1.29 is 17.7 Å². The zero-order valence-electron chi connectivity index (χ0n) is 14.2. The second-order valence-electron chi connectivity index (χ2n) is 6.09. The number of ether oxygens (including phenoxy) is 1. The fraction of sp³-hybridized carbons (Fsp3) is 0.353. The first-order chi connectivity index (χ1) is 12.6. The molecule has 26 heavy (non-hydrogen) atoms. The van der Waals surface area contributed by atoms with Crippen LogP contribution in [-0.4, -0.2) is 47.0 Å². The fourth-order valence-corrected chi connectivity index (χ4v) is 4.49. The number of aromatic nitrogens is 3. The van der Waals surface area contributed by atoms with Crippen LogP contribution >= 0.6 is 0 Å². The van der Waals surface area contributed by atoms with Gasteiger partial charge in [-0.25, -0.2) is 13.4 Å². The highest BCUT2D eigenvalue weighted by Gasteiger charge is 2.34. The zero-order valence-corrected chi connectivity index (χ0v) is 15.0. The van der Waals surface area contributed by atoms with Gasteiger partial charge < -0.3 is 9.26 Å². The minimum absolute atomic E-state index is 0.143. The Morgan fingerprint density at radius 3 is 3.04 bits per heavy atom. The molecule has 1 atom stereocenters. The van der Waals surface area contributed by atoms with E-state index in [9.17, 15) is 8.42 Å². The van der Waals surface area contributed by atoms with Gasteiger partial charge in [0.15, 0.2) is 0 Å². The van der Waals surface area contributed by atoms with Crippen LogP contribution in [0, 0.1) is 0 Å². The second-order valence-corrected chi connectivity index (χ2v) is 8.02. The van der Waals surface area contributed by atoms with Crippen LogP contribution in [0.15, 0.2) is 46.2 Å². The van der Waals surface area contributed by atoms with Crippen molar-refractivity contribution >= 4 is 21.1 Å². The molecule has 8 nitrogen and oxygen atoms in total. The van der Waals surface area contributed by atoms with Gasteiger partial charge >= 0.3 is 0 Å². The lowest BCUT2D eigenvalue weighted by Crippen LogP contribution is -2.31. The minimum atomic E-state index is -3.65. The summed E-state index contributed by atoms with van der Waals surface area (Å²) in [6.07, 6.45) is 5.66. The second kappa shape index (κ2) is 6.65. The van der Waals surface area contributed by atoms with Crippen molar-refractivity contribution in [3.63, 3.8) is 0 Å². The molecule has 136 valence electrons. The molecular formula is C17H18N4O4S. The lowest BCUT2D eigenvalue weighted by molar-refractivity contribution is 0.214. The summed E-state index contributed by atoms with van der Waals surface area (Å²) in [5.74, 6) is 0.636. The van der Waals surface area contributed by atoms with Gasteiger partial charge in [-0.05, 0) is 31.0 Å². The molecule has 3 aromatic rings. The third-order valence-corrected chi connectivity index (χ3v) is 6.23. The summed E-state index contributed by atoms with van der Waals surface area (Å²) in [5, 5.41) is 4.56. The molecule has 1 aliphatic rings. The molecule has 0 N–H and O–H groups in total. The molecule has 1 aliphatic heterocycles. The molecule has 3 aromatic heterocycles. The molecule has 0 bridgehead atoms. The Labute approximate surface area is 150 Å². The van der Waals surface area contributed by atoms with E-state index in [0.29, 0.717) is 48.5 Å². The van der Waals surface area contributed by atoms with Crippen molar-refractivity contribution in [1.29, 1.82) is 0 Å².